The fourth-order valence-corrected chi connectivity index (χ4v) is 9.49. The Labute approximate surface area is 167 Å². The molecule has 26 heavy (non-hydrogen) atoms. The summed E-state index contributed by atoms with van der Waals surface area (Å²) in [5.74, 6) is 6.46. The second-order valence-electron chi connectivity index (χ2n) is 9.20. The van der Waals surface area contributed by atoms with E-state index in [9.17, 15) is 0 Å². The van der Waals surface area contributed by atoms with Gasteiger partial charge in [0.1, 0.15) is 0 Å². The predicted octanol–water partition coefficient (Wildman–Crippen LogP) is 7.38. The highest BCUT2D eigenvalue weighted by molar-refractivity contribution is 8.33. The number of hydrogen-bond acceptors (Lipinski definition) is 1. The predicted molar refractivity (Wildman–Crippen MR) is 123 cm³/mol. The fourth-order valence-electron chi connectivity index (χ4n) is 5.27. The average Bonchev–Trinajstić information content (AvgIpc) is 3.01. The third kappa shape index (κ3) is 8.13. The Kier molecular flexibility index (Phi) is 11.7. The van der Waals surface area contributed by atoms with E-state index >= 15 is 0 Å². The third-order valence-electron chi connectivity index (χ3n) is 7.04. The van der Waals surface area contributed by atoms with Crippen LogP contribution in [0.15, 0.2) is 0 Å². The van der Waals surface area contributed by atoms with Crippen LogP contribution in [-0.4, -0.2) is 47.0 Å². The van der Waals surface area contributed by atoms with Crippen molar-refractivity contribution in [2.24, 2.45) is 0 Å². The molecule has 2 saturated heterocycles. The molecule has 156 valence electrons. The van der Waals surface area contributed by atoms with Gasteiger partial charge in [0.05, 0.1) is 0 Å². The van der Waals surface area contributed by atoms with Crippen molar-refractivity contribution in [2.75, 3.05) is 36.1 Å². The summed E-state index contributed by atoms with van der Waals surface area (Å²) in [6, 6.07) is 0.911. The molecule has 2 heterocycles. The molecule has 1 nitrogen and oxygen atoms in total. The van der Waals surface area contributed by atoms with Crippen LogP contribution in [0.2, 0.25) is 0 Å². The summed E-state index contributed by atoms with van der Waals surface area (Å²) in [4.78, 5) is 2.97. The quantitative estimate of drug-likeness (QED) is 0.300. The van der Waals surface area contributed by atoms with Gasteiger partial charge in [-0.25, -0.2) is 10.0 Å². The summed E-state index contributed by atoms with van der Waals surface area (Å²) in [7, 11) is -0.172. The first kappa shape index (κ1) is 22.6. The maximum atomic E-state index is 2.97. The standard InChI is InChI=1S/C24H49NS/c1-3-5-7-9-11-16-24(17-12-10-8-6-4-2)25-18-15-22-26(23-19-25)20-13-14-21-26/h24H,3-23H2,1-2H3. The van der Waals surface area contributed by atoms with Gasteiger partial charge in [-0.05, 0) is 61.7 Å². The SMILES string of the molecule is CCCCCCCC(CCCCCCC)N1CCCS2(CCCC2)CC1. The molecule has 2 rings (SSSR count). The van der Waals surface area contributed by atoms with E-state index in [1.54, 1.807) is 35.9 Å². The summed E-state index contributed by atoms with van der Waals surface area (Å²) in [5, 5.41) is 0. The molecule has 0 unspecified atom stereocenters. The zero-order valence-electron chi connectivity index (χ0n) is 18.3. The maximum Gasteiger partial charge on any atom is 0.00955 e. The Morgan fingerprint density at radius 1 is 0.615 bits per heavy atom. The Balaban J connectivity index is 1.78. The molecule has 2 heteroatoms. The van der Waals surface area contributed by atoms with Gasteiger partial charge >= 0.3 is 0 Å². The van der Waals surface area contributed by atoms with Gasteiger partial charge in [0, 0.05) is 12.6 Å². The van der Waals surface area contributed by atoms with Gasteiger partial charge in [-0.1, -0.05) is 78.1 Å². The summed E-state index contributed by atoms with van der Waals surface area (Å²) in [6.07, 6.45) is 22.1. The first-order valence-corrected chi connectivity index (χ1v) is 14.6. The Morgan fingerprint density at radius 3 is 1.73 bits per heavy atom. The molecule has 0 saturated carbocycles. The second kappa shape index (κ2) is 13.5. The topological polar surface area (TPSA) is 3.24 Å². The minimum atomic E-state index is -0.172. The summed E-state index contributed by atoms with van der Waals surface area (Å²) in [6.45, 7) is 7.53. The van der Waals surface area contributed by atoms with E-state index in [0.717, 1.165) is 6.04 Å². The average molecular weight is 384 g/mol. The lowest BCUT2D eigenvalue weighted by Crippen LogP contribution is -2.37. The van der Waals surface area contributed by atoms with Crippen molar-refractivity contribution in [2.45, 2.75) is 116 Å². The molecule has 2 aliphatic rings. The van der Waals surface area contributed by atoms with Crippen LogP contribution in [0.4, 0.5) is 0 Å². The molecule has 2 fully saturated rings. The first-order valence-electron chi connectivity index (χ1n) is 12.3. The highest BCUT2D eigenvalue weighted by Crippen LogP contribution is 2.55. The molecule has 0 radical (unpaired) electrons. The summed E-state index contributed by atoms with van der Waals surface area (Å²) >= 11 is 0. The molecule has 0 N–H and O–H groups in total. The van der Waals surface area contributed by atoms with Crippen molar-refractivity contribution in [1.82, 2.24) is 4.90 Å². The molecule has 0 amide bonds. The van der Waals surface area contributed by atoms with Crippen molar-refractivity contribution < 1.29 is 0 Å². The lowest BCUT2D eigenvalue weighted by molar-refractivity contribution is 0.183. The molecule has 0 aromatic carbocycles. The highest BCUT2D eigenvalue weighted by atomic mass is 32.3. The van der Waals surface area contributed by atoms with Gasteiger partial charge in [-0.15, -0.1) is 0 Å². The molecule has 1 spiro atoms. The van der Waals surface area contributed by atoms with E-state index in [1.165, 1.54) is 96.6 Å². The van der Waals surface area contributed by atoms with Gasteiger partial charge in [0.25, 0.3) is 0 Å². The van der Waals surface area contributed by atoms with Crippen LogP contribution in [0.25, 0.3) is 0 Å². The molecule has 0 bridgehead atoms. The van der Waals surface area contributed by atoms with Gasteiger partial charge < -0.3 is 0 Å². The van der Waals surface area contributed by atoms with Crippen molar-refractivity contribution in [3.05, 3.63) is 0 Å². The van der Waals surface area contributed by atoms with Crippen LogP contribution in [0, 0.1) is 0 Å². The van der Waals surface area contributed by atoms with Gasteiger partial charge in [0.15, 0.2) is 0 Å². The molecule has 0 aliphatic carbocycles. The number of nitrogens with zero attached hydrogens (tertiary/aromatic N) is 1. The van der Waals surface area contributed by atoms with E-state index in [-0.39, 0.29) is 10.0 Å². The van der Waals surface area contributed by atoms with Gasteiger partial charge in [-0.3, -0.25) is 4.90 Å². The minimum absolute atomic E-state index is 0.172. The molecule has 2 aliphatic heterocycles. The van der Waals surface area contributed by atoms with E-state index in [1.807, 2.05) is 0 Å². The normalized spacial score (nSPS) is 22.1. The second-order valence-corrected chi connectivity index (χ2v) is 13.3. The number of rotatable bonds is 13. The highest BCUT2D eigenvalue weighted by Gasteiger charge is 2.32. The van der Waals surface area contributed by atoms with E-state index in [4.69, 9.17) is 0 Å². The van der Waals surface area contributed by atoms with Crippen LogP contribution < -0.4 is 0 Å². The van der Waals surface area contributed by atoms with Crippen molar-refractivity contribution in [3.8, 4) is 0 Å². The van der Waals surface area contributed by atoms with E-state index < -0.39 is 0 Å². The fraction of sp³-hybridized carbons (Fsp3) is 1.00. The lowest BCUT2D eigenvalue weighted by Gasteiger charge is -2.35. The van der Waals surface area contributed by atoms with E-state index in [0.29, 0.717) is 0 Å². The summed E-state index contributed by atoms with van der Waals surface area (Å²) < 4.78 is 0. The molecular weight excluding hydrogens is 334 g/mol. The zero-order chi connectivity index (χ0) is 18.5. The molecule has 0 aromatic rings. The van der Waals surface area contributed by atoms with Crippen LogP contribution in [0.5, 0.6) is 0 Å². The largest absolute Gasteiger partial charge is 0.300 e. The molecule has 0 atom stereocenters. The minimum Gasteiger partial charge on any atom is -0.300 e. The maximum absolute atomic E-state index is 2.97. The van der Waals surface area contributed by atoms with Crippen LogP contribution in [0.3, 0.4) is 0 Å². The lowest BCUT2D eigenvalue weighted by atomic mass is 9.99. The van der Waals surface area contributed by atoms with Crippen molar-refractivity contribution >= 4 is 10.0 Å². The smallest absolute Gasteiger partial charge is 0.00955 e. The number of unbranched alkanes of at least 4 members (excludes halogenated alkanes) is 8. The van der Waals surface area contributed by atoms with Crippen molar-refractivity contribution in [3.63, 3.8) is 0 Å². The van der Waals surface area contributed by atoms with Gasteiger partial charge in [-0.2, -0.15) is 0 Å². The monoisotopic (exact) mass is 383 g/mol. The van der Waals surface area contributed by atoms with E-state index in [2.05, 4.69) is 18.7 Å². The number of hydrogen-bond donors (Lipinski definition) is 0. The Morgan fingerprint density at radius 2 is 1.15 bits per heavy atom. The van der Waals surface area contributed by atoms with Crippen LogP contribution in [0.1, 0.15) is 110 Å². The Hall–Kier alpha value is 0.310. The first-order chi connectivity index (χ1) is 12.8. The third-order valence-corrected chi connectivity index (χ3v) is 11.5. The molecular formula is C24H49NS. The van der Waals surface area contributed by atoms with Crippen LogP contribution in [-0.2, 0) is 0 Å². The summed E-state index contributed by atoms with van der Waals surface area (Å²) in [5.41, 5.74) is 0. The Bertz CT molecular complexity index is 323. The molecule has 0 aromatic heterocycles. The van der Waals surface area contributed by atoms with Crippen LogP contribution >= 0.6 is 10.0 Å². The zero-order valence-corrected chi connectivity index (χ0v) is 19.1. The van der Waals surface area contributed by atoms with Crippen molar-refractivity contribution in [1.29, 1.82) is 0 Å². The van der Waals surface area contributed by atoms with Gasteiger partial charge in [0.2, 0.25) is 0 Å².